The van der Waals surface area contributed by atoms with E-state index in [2.05, 4.69) is 77.5 Å². The van der Waals surface area contributed by atoms with Gasteiger partial charge >= 0.3 is 0 Å². The molecule has 0 aliphatic rings. The average molecular weight is 348 g/mol. The van der Waals surface area contributed by atoms with Gasteiger partial charge in [0.2, 0.25) is 0 Å². The summed E-state index contributed by atoms with van der Waals surface area (Å²) in [5, 5.41) is 3.24. The second-order valence-corrected chi connectivity index (χ2v) is 6.74. The molecule has 1 unspecified atom stereocenters. The highest BCUT2D eigenvalue weighted by Gasteiger charge is 2.19. The Morgan fingerprint density at radius 2 is 1.58 bits per heavy atom. The second-order valence-electron chi connectivity index (χ2n) is 6.74. The monoisotopic (exact) mass is 347 g/mol. The van der Waals surface area contributed by atoms with E-state index < -0.39 is 0 Å². The molecule has 26 heavy (non-hydrogen) atoms. The molecule has 0 radical (unpaired) electrons. The van der Waals surface area contributed by atoms with Crippen molar-refractivity contribution in [3.8, 4) is 22.5 Å². The minimum absolute atomic E-state index is 0.479. The highest BCUT2D eigenvalue weighted by Crippen LogP contribution is 2.35. The third kappa shape index (κ3) is 4.23. The van der Waals surface area contributed by atoms with Crippen LogP contribution in [-0.2, 0) is 0 Å². The summed E-state index contributed by atoms with van der Waals surface area (Å²) >= 11 is 0. The Balaban J connectivity index is 1.98. The van der Waals surface area contributed by atoms with Gasteiger partial charge in [0, 0.05) is 17.2 Å². The van der Waals surface area contributed by atoms with Crippen LogP contribution < -0.4 is 5.32 Å². The fourth-order valence-electron chi connectivity index (χ4n) is 3.55. The first kappa shape index (κ1) is 18.4. The lowest BCUT2D eigenvalue weighted by atomic mass is 10.0. The van der Waals surface area contributed by atoms with Crippen LogP contribution in [0, 0.1) is 0 Å². The lowest BCUT2D eigenvalue weighted by Gasteiger charge is -2.20. The lowest BCUT2D eigenvalue weighted by Crippen LogP contribution is -2.11. The zero-order valence-corrected chi connectivity index (χ0v) is 15.9. The number of hydrogen-bond donors (Lipinski definition) is 1. The first-order chi connectivity index (χ1) is 12.8. The van der Waals surface area contributed by atoms with Crippen LogP contribution in [0.2, 0.25) is 0 Å². The van der Waals surface area contributed by atoms with Crippen molar-refractivity contribution in [2.75, 3.05) is 13.6 Å². The summed E-state index contributed by atoms with van der Waals surface area (Å²) in [5.74, 6) is 0. The van der Waals surface area contributed by atoms with Crippen molar-refractivity contribution in [3.05, 3.63) is 67.0 Å². The van der Waals surface area contributed by atoms with Crippen LogP contribution in [0.5, 0.6) is 0 Å². The van der Waals surface area contributed by atoms with E-state index in [1.807, 2.05) is 13.4 Å². The van der Waals surface area contributed by atoms with Gasteiger partial charge in [-0.05, 0) is 32.9 Å². The van der Waals surface area contributed by atoms with Gasteiger partial charge in [-0.15, -0.1) is 0 Å². The standard InChI is InChI=1S/C23H29N3/c1-3-21(16-10-11-17-24-2)26-18-25-22(19-12-6-4-7-13-19)23(26)20-14-8-5-9-15-20/h4-9,12-15,18,21,24H,3,10-11,16-17H2,1-2H3. The molecule has 0 bridgehead atoms. The number of hydrogen-bond acceptors (Lipinski definition) is 2. The number of unbranched alkanes of at least 4 members (excludes halogenated alkanes) is 1. The van der Waals surface area contributed by atoms with Gasteiger partial charge in [0.05, 0.1) is 17.7 Å². The molecule has 3 heteroatoms. The first-order valence-corrected chi connectivity index (χ1v) is 9.67. The van der Waals surface area contributed by atoms with Crippen molar-refractivity contribution in [1.29, 1.82) is 0 Å². The van der Waals surface area contributed by atoms with Crippen molar-refractivity contribution in [2.24, 2.45) is 0 Å². The van der Waals surface area contributed by atoms with Crippen molar-refractivity contribution in [1.82, 2.24) is 14.9 Å². The van der Waals surface area contributed by atoms with E-state index in [0.717, 1.165) is 18.7 Å². The quantitative estimate of drug-likeness (QED) is 0.514. The van der Waals surface area contributed by atoms with Gasteiger partial charge in [0.25, 0.3) is 0 Å². The molecule has 0 saturated heterocycles. The summed E-state index contributed by atoms with van der Waals surface area (Å²) < 4.78 is 2.40. The van der Waals surface area contributed by atoms with Crippen LogP contribution in [0.4, 0.5) is 0 Å². The maximum absolute atomic E-state index is 4.83. The van der Waals surface area contributed by atoms with Crippen molar-refractivity contribution in [2.45, 2.75) is 38.6 Å². The molecule has 3 rings (SSSR count). The molecular formula is C23H29N3. The third-order valence-corrected chi connectivity index (χ3v) is 4.97. The summed E-state index contributed by atoms with van der Waals surface area (Å²) in [6, 6.07) is 21.6. The Bertz CT molecular complexity index is 778. The molecule has 1 aromatic heterocycles. The summed E-state index contributed by atoms with van der Waals surface area (Å²) in [6.07, 6.45) is 6.78. The fraction of sp³-hybridized carbons (Fsp3) is 0.348. The Morgan fingerprint density at radius 3 is 2.19 bits per heavy atom. The van der Waals surface area contributed by atoms with E-state index in [1.54, 1.807) is 0 Å². The van der Waals surface area contributed by atoms with Crippen LogP contribution in [0.1, 0.15) is 38.6 Å². The molecule has 3 nitrogen and oxygen atoms in total. The normalized spacial score (nSPS) is 12.2. The van der Waals surface area contributed by atoms with Crippen LogP contribution >= 0.6 is 0 Å². The molecule has 1 atom stereocenters. The minimum Gasteiger partial charge on any atom is -0.327 e. The smallest absolute Gasteiger partial charge is 0.0963 e. The zero-order valence-electron chi connectivity index (χ0n) is 15.9. The zero-order chi connectivity index (χ0) is 18.2. The van der Waals surface area contributed by atoms with Crippen LogP contribution in [0.25, 0.3) is 22.5 Å². The molecule has 1 N–H and O–H groups in total. The van der Waals surface area contributed by atoms with E-state index in [0.29, 0.717) is 6.04 Å². The number of nitrogens with zero attached hydrogens (tertiary/aromatic N) is 2. The van der Waals surface area contributed by atoms with Crippen molar-refractivity contribution >= 4 is 0 Å². The predicted octanol–water partition coefficient (Wildman–Crippen LogP) is 5.56. The third-order valence-electron chi connectivity index (χ3n) is 4.97. The topological polar surface area (TPSA) is 29.9 Å². The van der Waals surface area contributed by atoms with Gasteiger partial charge in [0.15, 0.2) is 0 Å². The second kappa shape index (κ2) is 9.35. The van der Waals surface area contributed by atoms with Crippen molar-refractivity contribution < 1.29 is 0 Å². The fourth-order valence-corrected chi connectivity index (χ4v) is 3.55. The molecule has 2 aromatic carbocycles. The number of rotatable bonds is 9. The molecule has 0 fully saturated rings. The average Bonchev–Trinajstić information content (AvgIpc) is 3.14. The molecule has 0 saturated carbocycles. The number of aromatic nitrogens is 2. The van der Waals surface area contributed by atoms with Gasteiger partial charge in [-0.2, -0.15) is 0 Å². The van der Waals surface area contributed by atoms with E-state index in [-0.39, 0.29) is 0 Å². The SMILES string of the molecule is CCC(CCCCNC)n1cnc(-c2ccccc2)c1-c1ccccc1. The van der Waals surface area contributed by atoms with Crippen LogP contribution in [0.15, 0.2) is 67.0 Å². The van der Waals surface area contributed by atoms with Gasteiger partial charge in [-0.3, -0.25) is 0 Å². The first-order valence-electron chi connectivity index (χ1n) is 9.67. The highest BCUT2D eigenvalue weighted by molar-refractivity contribution is 5.78. The summed E-state index contributed by atoms with van der Waals surface area (Å²) in [7, 11) is 2.02. The van der Waals surface area contributed by atoms with E-state index in [1.165, 1.54) is 36.1 Å². The highest BCUT2D eigenvalue weighted by atomic mass is 15.1. The van der Waals surface area contributed by atoms with Gasteiger partial charge in [-0.1, -0.05) is 74.0 Å². The largest absolute Gasteiger partial charge is 0.327 e. The number of benzene rings is 2. The molecule has 0 amide bonds. The maximum Gasteiger partial charge on any atom is 0.0963 e. The number of nitrogens with one attached hydrogen (secondary N) is 1. The Morgan fingerprint density at radius 1 is 0.923 bits per heavy atom. The van der Waals surface area contributed by atoms with Crippen LogP contribution in [-0.4, -0.2) is 23.1 Å². The molecular weight excluding hydrogens is 318 g/mol. The van der Waals surface area contributed by atoms with Gasteiger partial charge < -0.3 is 9.88 Å². The van der Waals surface area contributed by atoms with E-state index in [4.69, 9.17) is 4.98 Å². The Hall–Kier alpha value is -2.39. The minimum atomic E-state index is 0.479. The predicted molar refractivity (Wildman–Crippen MR) is 110 cm³/mol. The summed E-state index contributed by atoms with van der Waals surface area (Å²) in [5.41, 5.74) is 4.72. The van der Waals surface area contributed by atoms with E-state index >= 15 is 0 Å². The molecule has 0 aliphatic carbocycles. The maximum atomic E-state index is 4.83. The van der Waals surface area contributed by atoms with E-state index in [9.17, 15) is 0 Å². The summed E-state index contributed by atoms with van der Waals surface area (Å²) in [4.78, 5) is 4.83. The van der Waals surface area contributed by atoms with Crippen LogP contribution in [0.3, 0.4) is 0 Å². The van der Waals surface area contributed by atoms with Gasteiger partial charge in [-0.25, -0.2) is 4.98 Å². The number of imidazole rings is 1. The molecule has 1 heterocycles. The Labute approximate surface area is 157 Å². The molecule has 3 aromatic rings. The Kier molecular flexibility index (Phi) is 6.62. The lowest BCUT2D eigenvalue weighted by molar-refractivity contribution is 0.433. The molecule has 0 aliphatic heterocycles. The molecule has 136 valence electrons. The summed E-state index contributed by atoms with van der Waals surface area (Å²) in [6.45, 7) is 3.36. The van der Waals surface area contributed by atoms with Gasteiger partial charge in [0.1, 0.15) is 0 Å². The molecule has 0 spiro atoms. The van der Waals surface area contributed by atoms with Crippen molar-refractivity contribution in [3.63, 3.8) is 0 Å².